The van der Waals surface area contributed by atoms with Crippen molar-refractivity contribution in [2.24, 2.45) is 0 Å². The quantitative estimate of drug-likeness (QED) is 0.830. The minimum absolute atomic E-state index is 0.342. The van der Waals surface area contributed by atoms with Crippen LogP contribution in [0.25, 0.3) is 0 Å². The molecule has 1 unspecified atom stereocenters. The largest absolute Gasteiger partial charge is 0.478 e. The summed E-state index contributed by atoms with van der Waals surface area (Å²) in [6, 6.07) is 3.51. The minimum atomic E-state index is -0.883. The molecule has 0 aliphatic rings. The summed E-state index contributed by atoms with van der Waals surface area (Å²) in [5, 5.41) is 9.04. The molecule has 88 valence electrons. The molecule has 0 radical (unpaired) electrons. The predicted molar refractivity (Wildman–Crippen MR) is 63.9 cm³/mol. The SMILES string of the molecule is CCCc1nc(C(C)CC)ccc1C(=O)O. The highest BCUT2D eigenvalue weighted by Crippen LogP contribution is 2.19. The summed E-state index contributed by atoms with van der Waals surface area (Å²) in [6.07, 6.45) is 2.66. The van der Waals surface area contributed by atoms with E-state index >= 15 is 0 Å². The van der Waals surface area contributed by atoms with Crippen LogP contribution >= 0.6 is 0 Å². The van der Waals surface area contributed by atoms with Crippen LogP contribution in [0.1, 0.15) is 61.3 Å². The molecule has 0 fully saturated rings. The van der Waals surface area contributed by atoms with Crippen LogP contribution in [0, 0.1) is 0 Å². The van der Waals surface area contributed by atoms with Gasteiger partial charge in [0.1, 0.15) is 0 Å². The van der Waals surface area contributed by atoms with Crippen molar-refractivity contribution >= 4 is 5.97 Å². The number of aryl methyl sites for hydroxylation is 1. The van der Waals surface area contributed by atoms with Gasteiger partial charge in [-0.15, -0.1) is 0 Å². The lowest BCUT2D eigenvalue weighted by Crippen LogP contribution is -2.08. The third-order valence-electron chi connectivity index (χ3n) is 2.83. The van der Waals surface area contributed by atoms with Crippen molar-refractivity contribution in [3.8, 4) is 0 Å². The lowest BCUT2D eigenvalue weighted by atomic mass is 10.0. The Bertz CT molecular complexity index is 374. The fraction of sp³-hybridized carbons (Fsp3) is 0.538. The number of hydrogen-bond acceptors (Lipinski definition) is 2. The molecule has 1 aromatic rings. The van der Waals surface area contributed by atoms with Crippen molar-refractivity contribution in [3.63, 3.8) is 0 Å². The molecule has 0 aliphatic heterocycles. The van der Waals surface area contributed by atoms with Gasteiger partial charge in [-0.1, -0.05) is 27.2 Å². The maximum absolute atomic E-state index is 11.0. The van der Waals surface area contributed by atoms with E-state index < -0.39 is 5.97 Å². The summed E-state index contributed by atoms with van der Waals surface area (Å²) in [4.78, 5) is 15.5. The summed E-state index contributed by atoms with van der Waals surface area (Å²) < 4.78 is 0. The van der Waals surface area contributed by atoms with Crippen molar-refractivity contribution in [2.75, 3.05) is 0 Å². The Labute approximate surface area is 96.5 Å². The summed E-state index contributed by atoms with van der Waals surface area (Å²) in [6.45, 7) is 6.25. The van der Waals surface area contributed by atoms with E-state index in [4.69, 9.17) is 5.11 Å². The van der Waals surface area contributed by atoms with E-state index in [1.807, 2.05) is 13.0 Å². The van der Waals surface area contributed by atoms with E-state index in [1.165, 1.54) is 0 Å². The zero-order valence-electron chi connectivity index (χ0n) is 10.2. The number of aromatic carboxylic acids is 1. The third-order valence-corrected chi connectivity index (χ3v) is 2.83. The van der Waals surface area contributed by atoms with Crippen molar-refractivity contribution in [3.05, 3.63) is 29.1 Å². The van der Waals surface area contributed by atoms with Gasteiger partial charge in [0.05, 0.1) is 11.3 Å². The number of carboxylic acid groups (broad SMARTS) is 1. The first-order valence-corrected chi connectivity index (χ1v) is 5.83. The number of carbonyl (C=O) groups is 1. The number of carboxylic acids is 1. The Morgan fingerprint density at radius 2 is 2.12 bits per heavy atom. The molecule has 1 atom stereocenters. The van der Waals surface area contributed by atoms with Crippen molar-refractivity contribution in [1.82, 2.24) is 4.98 Å². The van der Waals surface area contributed by atoms with Gasteiger partial charge in [-0.05, 0) is 30.9 Å². The van der Waals surface area contributed by atoms with Gasteiger partial charge in [0.2, 0.25) is 0 Å². The molecule has 0 saturated heterocycles. The van der Waals surface area contributed by atoms with Crippen LogP contribution in [0.4, 0.5) is 0 Å². The molecule has 0 aliphatic carbocycles. The van der Waals surface area contributed by atoms with Gasteiger partial charge in [0, 0.05) is 5.69 Å². The van der Waals surface area contributed by atoms with Gasteiger partial charge in [-0.2, -0.15) is 0 Å². The molecule has 0 aromatic carbocycles. The molecule has 1 aromatic heterocycles. The highest BCUT2D eigenvalue weighted by atomic mass is 16.4. The summed E-state index contributed by atoms with van der Waals surface area (Å²) >= 11 is 0. The maximum atomic E-state index is 11.0. The molecule has 3 nitrogen and oxygen atoms in total. The highest BCUT2D eigenvalue weighted by molar-refractivity contribution is 5.88. The van der Waals surface area contributed by atoms with Crippen LogP contribution in [0.5, 0.6) is 0 Å². The van der Waals surface area contributed by atoms with Crippen LogP contribution in [-0.4, -0.2) is 16.1 Å². The molecule has 1 N–H and O–H groups in total. The molecule has 0 bridgehead atoms. The van der Waals surface area contributed by atoms with Crippen LogP contribution in [0.3, 0.4) is 0 Å². The topological polar surface area (TPSA) is 50.2 Å². The van der Waals surface area contributed by atoms with E-state index in [-0.39, 0.29) is 0 Å². The first-order chi connectivity index (χ1) is 7.60. The highest BCUT2D eigenvalue weighted by Gasteiger charge is 2.13. The second-order valence-corrected chi connectivity index (χ2v) is 4.09. The van der Waals surface area contributed by atoms with Crippen LogP contribution in [0.2, 0.25) is 0 Å². The second-order valence-electron chi connectivity index (χ2n) is 4.09. The van der Waals surface area contributed by atoms with E-state index in [0.29, 0.717) is 17.2 Å². The van der Waals surface area contributed by atoms with Gasteiger partial charge in [-0.25, -0.2) is 4.79 Å². The lowest BCUT2D eigenvalue weighted by molar-refractivity contribution is 0.0695. The van der Waals surface area contributed by atoms with Crippen LogP contribution < -0.4 is 0 Å². The second kappa shape index (κ2) is 5.64. The standard InChI is InChI=1S/C13H19NO2/c1-4-6-12-10(13(15)16)7-8-11(14-12)9(3)5-2/h7-9H,4-6H2,1-3H3,(H,15,16). The molecule has 1 rings (SSSR count). The number of pyridine rings is 1. The third kappa shape index (κ3) is 2.81. The van der Waals surface area contributed by atoms with Crippen LogP contribution in [0.15, 0.2) is 12.1 Å². The molecule has 0 spiro atoms. The van der Waals surface area contributed by atoms with Crippen molar-refractivity contribution < 1.29 is 9.90 Å². The number of aromatic nitrogens is 1. The van der Waals surface area contributed by atoms with Crippen molar-refractivity contribution in [2.45, 2.75) is 46.0 Å². The summed E-state index contributed by atoms with van der Waals surface area (Å²) in [5.74, 6) is -0.495. The maximum Gasteiger partial charge on any atom is 0.337 e. The molecule has 16 heavy (non-hydrogen) atoms. The molecule has 1 heterocycles. The Morgan fingerprint density at radius 1 is 1.44 bits per heavy atom. The minimum Gasteiger partial charge on any atom is -0.478 e. The zero-order valence-corrected chi connectivity index (χ0v) is 10.2. The number of rotatable bonds is 5. The van der Waals surface area contributed by atoms with E-state index in [2.05, 4.69) is 18.8 Å². The smallest absolute Gasteiger partial charge is 0.337 e. The molecule has 3 heteroatoms. The first-order valence-electron chi connectivity index (χ1n) is 5.83. The van der Waals surface area contributed by atoms with Gasteiger partial charge in [0.15, 0.2) is 0 Å². The van der Waals surface area contributed by atoms with E-state index in [9.17, 15) is 4.79 Å². The number of nitrogens with zero attached hydrogens (tertiary/aromatic N) is 1. The van der Waals surface area contributed by atoms with Crippen LogP contribution in [-0.2, 0) is 6.42 Å². The fourth-order valence-electron chi connectivity index (χ4n) is 1.62. The molecule has 0 amide bonds. The van der Waals surface area contributed by atoms with Crippen molar-refractivity contribution in [1.29, 1.82) is 0 Å². The zero-order chi connectivity index (χ0) is 12.1. The molecular formula is C13H19NO2. The molecule has 0 saturated carbocycles. The number of hydrogen-bond donors (Lipinski definition) is 1. The Morgan fingerprint density at radius 3 is 2.62 bits per heavy atom. The first kappa shape index (κ1) is 12.7. The van der Waals surface area contributed by atoms with E-state index in [1.54, 1.807) is 6.07 Å². The monoisotopic (exact) mass is 221 g/mol. The average Bonchev–Trinajstić information content (AvgIpc) is 2.28. The average molecular weight is 221 g/mol. The normalized spacial score (nSPS) is 12.4. The summed E-state index contributed by atoms with van der Waals surface area (Å²) in [5.41, 5.74) is 2.05. The lowest BCUT2D eigenvalue weighted by Gasteiger charge is -2.11. The van der Waals surface area contributed by atoms with Gasteiger partial charge in [0.25, 0.3) is 0 Å². The van der Waals surface area contributed by atoms with E-state index in [0.717, 1.165) is 25.0 Å². The Kier molecular flexibility index (Phi) is 4.47. The Balaban J connectivity index is 3.11. The van der Waals surface area contributed by atoms with Gasteiger partial charge >= 0.3 is 5.97 Å². The fourth-order valence-corrected chi connectivity index (χ4v) is 1.62. The predicted octanol–water partition coefficient (Wildman–Crippen LogP) is 3.25. The van der Waals surface area contributed by atoms with Gasteiger partial charge < -0.3 is 5.11 Å². The Hall–Kier alpha value is -1.38. The van der Waals surface area contributed by atoms with Gasteiger partial charge in [-0.3, -0.25) is 4.98 Å². The summed E-state index contributed by atoms with van der Waals surface area (Å²) in [7, 11) is 0. The molecular weight excluding hydrogens is 202 g/mol.